The Morgan fingerprint density at radius 2 is 2.38 bits per heavy atom. The molecule has 0 spiro atoms. The Labute approximate surface area is 104 Å². The number of methoxy groups -OCH3 is 1. The van der Waals surface area contributed by atoms with Crippen molar-refractivity contribution in [3.05, 3.63) is 0 Å². The van der Waals surface area contributed by atoms with E-state index in [0.717, 1.165) is 25.7 Å². The Kier molecular flexibility index (Phi) is 8.29. The number of rotatable bonds is 9. The van der Waals surface area contributed by atoms with Crippen LogP contribution in [-0.2, 0) is 4.74 Å². The van der Waals surface area contributed by atoms with E-state index in [1.807, 2.05) is 11.8 Å². The first-order valence-electron chi connectivity index (χ1n) is 6.40. The fraction of sp³-hybridized carbons (Fsp3) is 1.00. The summed E-state index contributed by atoms with van der Waals surface area (Å²) in [6.45, 7) is 7.71. The van der Waals surface area contributed by atoms with Gasteiger partial charge in [0.15, 0.2) is 0 Å². The van der Waals surface area contributed by atoms with Crippen LogP contribution in [0.5, 0.6) is 0 Å². The minimum Gasteiger partial charge on any atom is -0.383 e. The highest BCUT2D eigenvalue weighted by molar-refractivity contribution is 7.99. The van der Waals surface area contributed by atoms with Gasteiger partial charge in [0.1, 0.15) is 0 Å². The first kappa shape index (κ1) is 14.3. The molecule has 1 fully saturated rings. The largest absolute Gasteiger partial charge is 0.383 e. The van der Waals surface area contributed by atoms with Crippen LogP contribution in [0.25, 0.3) is 0 Å². The third-order valence-corrected chi connectivity index (χ3v) is 3.97. The van der Waals surface area contributed by atoms with Crippen LogP contribution in [-0.4, -0.2) is 62.3 Å². The molecule has 0 saturated carbocycles. The van der Waals surface area contributed by atoms with Crippen molar-refractivity contribution in [2.75, 3.05) is 51.4 Å². The highest BCUT2D eigenvalue weighted by atomic mass is 32.2. The van der Waals surface area contributed by atoms with Gasteiger partial charge in [-0.05, 0) is 25.1 Å². The lowest BCUT2D eigenvalue weighted by Crippen LogP contribution is -2.39. The molecule has 1 rings (SSSR count). The molecule has 0 amide bonds. The van der Waals surface area contributed by atoms with E-state index >= 15 is 0 Å². The summed E-state index contributed by atoms with van der Waals surface area (Å²) in [7, 11) is 1.76. The van der Waals surface area contributed by atoms with Crippen LogP contribution >= 0.6 is 11.8 Å². The Morgan fingerprint density at radius 1 is 1.50 bits per heavy atom. The molecule has 0 aromatic carbocycles. The second-order valence-corrected chi connectivity index (χ2v) is 5.62. The van der Waals surface area contributed by atoms with Gasteiger partial charge in [0.05, 0.1) is 6.61 Å². The maximum absolute atomic E-state index is 5.03. The molecule has 0 aliphatic carbocycles. The van der Waals surface area contributed by atoms with Crippen molar-refractivity contribution in [1.29, 1.82) is 0 Å². The van der Waals surface area contributed by atoms with E-state index in [4.69, 9.17) is 4.74 Å². The van der Waals surface area contributed by atoms with E-state index in [0.29, 0.717) is 0 Å². The Hall–Kier alpha value is 0.230. The molecular formula is C12H26N2OS. The Balaban J connectivity index is 2.08. The van der Waals surface area contributed by atoms with E-state index in [1.54, 1.807) is 7.11 Å². The summed E-state index contributed by atoms with van der Waals surface area (Å²) >= 11 is 2.05. The van der Waals surface area contributed by atoms with Crippen molar-refractivity contribution in [3.63, 3.8) is 0 Å². The van der Waals surface area contributed by atoms with Crippen LogP contribution in [0.4, 0.5) is 0 Å². The summed E-state index contributed by atoms with van der Waals surface area (Å²) in [4.78, 5) is 2.64. The molecule has 1 aliphatic heterocycles. The van der Waals surface area contributed by atoms with Gasteiger partial charge in [-0.1, -0.05) is 6.92 Å². The van der Waals surface area contributed by atoms with E-state index in [1.165, 1.54) is 37.4 Å². The van der Waals surface area contributed by atoms with Gasteiger partial charge in [-0.2, -0.15) is 11.8 Å². The quantitative estimate of drug-likeness (QED) is 0.622. The van der Waals surface area contributed by atoms with Crippen LogP contribution in [0.3, 0.4) is 0 Å². The molecule has 0 aromatic heterocycles. The number of nitrogens with one attached hydrogen (secondary N) is 1. The summed E-state index contributed by atoms with van der Waals surface area (Å²) < 4.78 is 5.03. The zero-order valence-electron chi connectivity index (χ0n) is 10.7. The lowest BCUT2D eigenvalue weighted by Gasteiger charge is -2.24. The third kappa shape index (κ3) is 5.53. The minimum absolute atomic E-state index is 0.759. The van der Waals surface area contributed by atoms with Gasteiger partial charge in [-0.3, -0.25) is 4.90 Å². The van der Waals surface area contributed by atoms with Crippen molar-refractivity contribution in [3.8, 4) is 0 Å². The van der Waals surface area contributed by atoms with Crippen molar-refractivity contribution in [2.45, 2.75) is 25.8 Å². The van der Waals surface area contributed by atoms with Crippen LogP contribution in [0.15, 0.2) is 0 Å². The van der Waals surface area contributed by atoms with E-state index in [2.05, 4.69) is 17.1 Å². The highest BCUT2D eigenvalue weighted by Gasteiger charge is 2.23. The molecule has 1 N–H and O–H groups in total. The molecule has 1 aliphatic rings. The predicted molar refractivity (Wildman–Crippen MR) is 72.3 cm³/mol. The molecular weight excluding hydrogens is 220 g/mol. The first-order valence-corrected chi connectivity index (χ1v) is 7.55. The maximum atomic E-state index is 5.03. The molecule has 4 heteroatoms. The molecule has 16 heavy (non-hydrogen) atoms. The monoisotopic (exact) mass is 246 g/mol. The number of nitrogens with zero attached hydrogens (tertiary/aromatic N) is 1. The fourth-order valence-electron chi connectivity index (χ4n) is 2.19. The van der Waals surface area contributed by atoms with Gasteiger partial charge in [-0.25, -0.2) is 0 Å². The summed E-state index contributed by atoms with van der Waals surface area (Å²) in [5.74, 6) is 2.52. The Morgan fingerprint density at radius 3 is 3.12 bits per heavy atom. The van der Waals surface area contributed by atoms with Crippen molar-refractivity contribution < 1.29 is 4.74 Å². The summed E-state index contributed by atoms with van der Waals surface area (Å²) in [6.07, 6.45) is 2.73. The average molecular weight is 246 g/mol. The minimum atomic E-state index is 0.759. The number of likely N-dealkylation sites (tertiary alicyclic amines) is 1. The van der Waals surface area contributed by atoms with Crippen LogP contribution < -0.4 is 5.32 Å². The van der Waals surface area contributed by atoms with Gasteiger partial charge in [0.2, 0.25) is 0 Å². The van der Waals surface area contributed by atoms with Gasteiger partial charge in [0.25, 0.3) is 0 Å². The molecule has 1 unspecified atom stereocenters. The highest BCUT2D eigenvalue weighted by Crippen LogP contribution is 2.16. The number of hydrogen-bond donors (Lipinski definition) is 1. The van der Waals surface area contributed by atoms with E-state index in [-0.39, 0.29) is 0 Å². The Bertz CT molecular complexity index is 169. The SMILES string of the molecule is CCSCCN1CCCC1CNCCOC. The lowest BCUT2D eigenvalue weighted by molar-refractivity contribution is 0.193. The maximum Gasteiger partial charge on any atom is 0.0587 e. The molecule has 3 nitrogen and oxygen atoms in total. The molecule has 1 heterocycles. The molecule has 0 radical (unpaired) electrons. The van der Waals surface area contributed by atoms with Crippen molar-refractivity contribution >= 4 is 11.8 Å². The third-order valence-electron chi connectivity index (χ3n) is 3.09. The standard InChI is InChI=1S/C12H26N2OS/c1-3-16-10-8-14-7-4-5-12(14)11-13-6-9-15-2/h12-13H,3-11H2,1-2H3. The number of hydrogen-bond acceptors (Lipinski definition) is 4. The van der Waals surface area contributed by atoms with Crippen molar-refractivity contribution in [1.82, 2.24) is 10.2 Å². The number of thioether (sulfide) groups is 1. The van der Waals surface area contributed by atoms with Crippen LogP contribution in [0.1, 0.15) is 19.8 Å². The van der Waals surface area contributed by atoms with E-state index < -0.39 is 0 Å². The second kappa shape index (κ2) is 9.28. The van der Waals surface area contributed by atoms with Crippen LogP contribution in [0, 0.1) is 0 Å². The molecule has 1 atom stereocenters. The molecule has 0 bridgehead atoms. The van der Waals surface area contributed by atoms with Crippen LogP contribution in [0.2, 0.25) is 0 Å². The van der Waals surface area contributed by atoms with Gasteiger partial charge < -0.3 is 10.1 Å². The van der Waals surface area contributed by atoms with Gasteiger partial charge >= 0.3 is 0 Å². The van der Waals surface area contributed by atoms with Gasteiger partial charge in [0, 0.05) is 38.5 Å². The summed E-state index contributed by atoms with van der Waals surface area (Å²) in [6, 6.07) is 0.759. The average Bonchev–Trinajstić information content (AvgIpc) is 2.73. The molecule has 0 aromatic rings. The summed E-state index contributed by atoms with van der Waals surface area (Å²) in [5, 5.41) is 3.48. The molecule has 1 saturated heterocycles. The fourth-order valence-corrected chi connectivity index (χ4v) is 2.84. The smallest absolute Gasteiger partial charge is 0.0587 e. The predicted octanol–water partition coefficient (Wildman–Crippen LogP) is 1.44. The first-order chi connectivity index (χ1) is 7.88. The second-order valence-electron chi connectivity index (χ2n) is 4.23. The number of ether oxygens (including phenoxy) is 1. The van der Waals surface area contributed by atoms with Gasteiger partial charge in [-0.15, -0.1) is 0 Å². The summed E-state index contributed by atoms with van der Waals surface area (Å²) in [5.41, 5.74) is 0. The normalized spacial score (nSPS) is 21.8. The van der Waals surface area contributed by atoms with E-state index in [9.17, 15) is 0 Å². The van der Waals surface area contributed by atoms with Crippen molar-refractivity contribution in [2.24, 2.45) is 0 Å². The zero-order valence-corrected chi connectivity index (χ0v) is 11.5. The molecule has 96 valence electrons. The topological polar surface area (TPSA) is 24.5 Å². The zero-order chi connectivity index (χ0) is 11.6. The lowest BCUT2D eigenvalue weighted by atomic mass is 10.2.